The van der Waals surface area contributed by atoms with Crippen LogP contribution in [0.5, 0.6) is 0 Å². The molecule has 1 amide bonds. The fraction of sp³-hybridized carbons (Fsp3) is 0.894. The summed E-state index contributed by atoms with van der Waals surface area (Å²) in [6, 6.07) is -0.933. The van der Waals surface area contributed by atoms with Gasteiger partial charge in [-0.25, -0.2) is 0 Å². The van der Waals surface area contributed by atoms with Crippen LogP contribution in [0.4, 0.5) is 0 Å². The highest BCUT2D eigenvalue weighted by atomic mass is 16.7. The van der Waals surface area contributed by atoms with Crippen molar-refractivity contribution in [2.75, 3.05) is 19.8 Å². The Hall–Kier alpha value is -1.79. The van der Waals surface area contributed by atoms with Crippen molar-refractivity contribution in [3.8, 4) is 0 Å². The normalized spacial score (nSPS) is 24.4. The summed E-state index contributed by atoms with van der Waals surface area (Å²) in [6.07, 6.45) is 47.6. The van der Waals surface area contributed by atoms with E-state index in [1.54, 1.807) is 6.08 Å². The molecular formula is C66H123NO13. The minimum atomic E-state index is -1.79. The van der Waals surface area contributed by atoms with Gasteiger partial charge in [-0.3, -0.25) is 4.79 Å². The molecule has 9 N–H and O–H groups in total. The van der Waals surface area contributed by atoms with Crippen molar-refractivity contribution >= 4 is 5.91 Å². The molecule has 0 spiro atoms. The summed E-state index contributed by atoms with van der Waals surface area (Å²) in [7, 11) is 0. The van der Waals surface area contributed by atoms with E-state index in [1.807, 2.05) is 6.08 Å². The predicted octanol–water partition coefficient (Wildman–Crippen LogP) is 12.6. The zero-order chi connectivity index (χ0) is 58.1. The highest BCUT2D eigenvalue weighted by Crippen LogP contribution is 2.30. The Kier molecular flexibility index (Phi) is 47.9. The lowest BCUT2D eigenvalue weighted by molar-refractivity contribution is -0.359. The predicted molar refractivity (Wildman–Crippen MR) is 323 cm³/mol. The van der Waals surface area contributed by atoms with Gasteiger partial charge in [-0.15, -0.1) is 0 Å². The van der Waals surface area contributed by atoms with Crippen LogP contribution in [0, 0.1) is 0 Å². The second kappa shape index (κ2) is 51.6. The number of aliphatic hydroxyl groups excluding tert-OH is 8. The maximum atomic E-state index is 13.3. The first kappa shape index (κ1) is 74.3. The number of rotatable bonds is 54. The zero-order valence-corrected chi connectivity index (χ0v) is 50.8. The molecule has 0 aliphatic carbocycles. The maximum absolute atomic E-state index is 13.3. The largest absolute Gasteiger partial charge is 0.394 e. The molecule has 80 heavy (non-hydrogen) atoms. The second-order valence-electron chi connectivity index (χ2n) is 23.6. The Morgan fingerprint density at radius 3 is 1.23 bits per heavy atom. The Morgan fingerprint density at radius 2 is 0.800 bits per heavy atom. The van der Waals surface area contributed by atoms with Crippen molar-refractivity contribution in [1.29, 1.82) is 0 Å². The van der Waals surface area contributed by atoms with Crippen LogP contribution in [0.25, 0.3) is 0 Å². The molecular weight excluding hydrogens is 1010 g/mol. The van der Waals surface area contributed by atoms with Gasteiger partial charge in [-0.05, 0) is 57.8 Å². The molecule has 2 aliphatic heterocycles. The lowest BCUT2D eigenvalue weighted by Gasteiger charge is -2.46. The lowest BCUT2D eigenvalue weighted by Crippen LogP contribution is -2.65. The van der Waals surface area contributed by atoms with Gasteiger partial charge in [0.2, 0.25) is 5.91 Å². The molecule has 2 rings (SSSR count). The van der Waals surface area contributed by atoms with Crippen LogP contribution in [0.15, 0.2) is 36.5 Å². The standard InChI is InChI=1S/C66H123NO13/c1-3-5-7-9-11-13-15-17-19-21-23-25-26-27-28-30-31-33-35-37-39-41-43-45-47-49-55(70)54(53-77-65-63(76)61(74)64(57(52-69)79-65)80-66-62(75)60(73)59(72)56(51-68)78-66)67-58(71)50-48-46-44-42-40-38-36-34-32-29-24-22-20-18-16-14-12-10-8-6-4-2/h22,24,39,41,47,49,54-57,59-66,68-70,72-76H,3-21,23,25-38,40,42-46,48,50-53H2,1-2H3,(H,67,71)/b24-22-,41-39+,49-47+. The number of hydrogen-bond donors (Lipinski definition) is 9. The van der Waals surface area contributed by atoms with E-state index in [9.17, 15) is 45.6 Å². The number of carbonyl (C=O) groups excluding carboxylic acids is 1. The first-order valence-electron chi connectivity index (χ1n) is 33.2. The van der Waals surface area contributed by atoms with Crippen LogP contribution in [0.1, 0.15) is 284 Å². The minimum Gasteiger partial charge on any atom is -0.394 e. The van der Waals surface area contributed by atoms with E-state index in [0.29, 0.717) is 12.8 Å². The molecule has 2 saturated heterocycles. The zero-order valence-electron chi connectivity index (χ0n) is 50.8. The first-order valence-corrected chi connectivity index (χ1v) is 33.2. The van der Waals surface area contributed by atoms with Gasteiger partial charge < -0.3 is 65.1 Å². The number of nitrogens with one attached hydrogen (secondary N) is 1. The van der Waals surface area contributed by atoms with Crippen LogP contribution in [-0.2, 0) is 23.7 Å². The molecule has 12 unspecified atom stereocenters. The van der Waals surface area contributed by atoms with Crippen molar-refractivity contribution < 1.29 is 64.6 Å². The van der Waals surface area contributed by atoms with Crippen LogP contribution < -0.4 is 5.32 Å². The number of hydrogen-bond acceptors (Lipinski definition) is 13. The van der Waals surface area contributed by atoms with Crippen molar-refractivity contribution in [2.24, 2.45) is 0 Å². The molecule has 470 valence electrons. The summed E-state index contributed by atoms with van der Waals surface area (Å²) in [5, 5.41) is 87.3. The number of unbranched alkanes of at least 4 members (excludes halogenated alkanes) is 37. The van der Waals surface area contributed by atoms with Gasteiger partial charge in [0.05, 0.1) is 32.0 Å². The molecule has 0 bridgehead atoms. The van der Waals surface area contributed by atoms with Crippen molar-refractivity contribution in [2.45, 2.75) is 357 Å². The monoisotopic (exact) mass is 1140 g/mol. The smallest absolute Gasteiger partial charge is 0.220 e. The molecule has 0 saturated carbocycles. The molecule has 0 aromatic heterocycles. The Balaban J connectivity index is 1.73. The van der Waals surface area contributed by atoms with Gasteiger partial charge in [-0.1, -0.05) is 256 Å². The molecule has 12 atom stereocenters. The van der Waals surface area contributed by atoms with Gasteiger partial charge >= 0.3 is 0 Å². The molecule has 14 heteroatoms. The fourth-order valence-electron chi connectivity index (χ4n) is 11.0. The molecule has 14 nitrogen and oxygen atoms in total. The highest BCUT2D eigenvalue weighted by molar-refractivity contribution is 5.76. The molecule has 0 radical (unpaired) electrons. The lowest BCUT2D eigenvalue weighted by atomic mass is 9.97. The third-order valence-electron chi connectivity index (χ3n) is 16.3. The summed E-state index contributed by atoms with van der Waals surface area (Å²) in [5.74, 6) is -0.248. The molecule has 2 fully saturated rings. The average Bonchev–Trinajstić information content (AvgIpc) is 3.46. The molecule has 2 aliphatic rings. The summed E-state index contributed by atoms with van der Waals surface area (Å²) >= 11 is 0. The SMILES string of the molecule is CCCCCCCCCC/C=C\CCCCCCCCCCCC(=O)NC(COC1OC(CO)C(OC2OC(CO)C(O)C(O)C2O)C(O)C1O)C(O)/C=C/CC/C=C/CCCCCCCCCCCCCCCCCCCCC. The third kappa shape index (κ3) is 36.1. The Morgan fingerprint density at radius 1 is 0.438 bits per heavy atom. The van der Waals surface area contributed by atoms with Gasteiger partial charge in [0.15, 0.2) is 12.6 Å². The summed E-state index contributed by atoms with van der Waals surface area (Å²) in [4.78, 5) is 13.3. The topological polar surface area (TPSA) is 228 Å². The Bertz CT molecular complexity index is 1480. The minimum absolute atomic E-state index is 0.248. The van der Waals surface area contributed by atoms with E-state index < -0.39 is 86.8 Å². The van der Waals surface area contributed by atoms with Crippen molar-refractivity contribution in [3.05, 3.63) is 36.5 Å². The molecule has 2 heterocycles. The fourth-order valence-corrected chi connectivity index (χ4v) is 11.0. The third-order valence-corrected chi connectivity index (χ3v) is 16.3. The number of amides is 1. The van der Waals surface area contributed by atoms with E-state index >= 15 is 0 Å². The van der Waals surface area contributed by atoms with Gasteiger partial charge in [0.1, 0.15) is 48.8 Å². The molecule has 0 aromatic carbocycles. The average molecular weight is 1140 g/mol. The quantitative estimate of drug-likeness (QED) is 0.0204. The number of carbonyl (C=O) groups is 1. The van der Waals surface area contributed by atoms with Crippen LogP contribution in [0.2, 0.25) is 0 Å². The van der Waals surface area contributed by atoms with E-state index in [4.69, 9.17) is 18.9 Å². The van der Waals surface area contributed by atoms with Crippen LogP contribution in [0.3, 0.4) is 0 Å². The van der Waals surface area contributed by atoms with E-state index in [2.05, 4.69) is 43.5 Å². The van der Waals surface area contributed by atoms with E-state index in [-0.39, 0.29) is 18.9 Å². The maximum Gasteiger partial charge on any atom is 0.220 e. The van der Waals surface area contributed by atoms with Crippen molar-refractivity contribution in [1.82, 2.24) is 5.32 Å². The Labute approximate surface area is 487 Å². The summed E-state index contributed by atoms with van der Waals surface area (Å²) < 4.78 is 22.8. The summed E-state index contributed by atoms with van der Waals surface area (Å²) in [5.41, 5.74) is 0. The number of ether oxygens (including phenoxy) is 4. The van der Waals surface area contributed by atoms with E-state index in [0.717, 1.165) is 32.1 Å². The van der Waals surface area contributed by atoms with Crippen LogP contribution in [-0.4, -0.2) is 140 Å². The van der Waals surface area contributed by atoms with Gasteiger partial charge in [-0.2, -0.15) is 0 Å². The van der Waals surface area contributed by atoms with Crippen LogP contribution >= 0.6 is 0 Å². The summed E-state index contributed by atoms with van der Waals surface area (Å²) in [6.45, 7) is 2.82. The van der Waals surface area contributed by atoms with Crippen molar-refractivity contribution in [3.63, 3.8) is 0 Å². The second-order valence-corrected chi connectivity index (χ2v) is 23.6. The highest BCUT2D eigenvalue weighted by Gasteiger charge is 2.51. The van der Waals surface area contributed by atoms with Gasteiger partial charge in [0, 0.05) is 6.42 Å². The number of allylic oxidation sites excluding steroid dienone is 5. The first-order chi connectivity index (χ1) is 39.1. The van der Waals surface area contributed by atoms with Gasteiger partial charge in [0.25, 0.3) is 0 Å². The molecule has 0 aromatic rings. The number of aliphatic hydroxyl groups is 8. The van der Waals surface area contributed by atoms with E-state index in [1.165, 1.54) is 218 Å².